The molecule has 1 aliphatic heterocycles. The van der Waals surface area contributed by atoms with E-state index in [9.17, 15) is 9.59 Å². The molecule has 1 aromatic rings. The molecule has 5 heteroatoms. The quantitative estimate of drug-likeness (QED) is 0.811. The molecule has 1 heterocycles. The molecule has 0 saturated heterocycles. The van der Waals surface area contributed by atoms with Crippen molar-refractivity contribution in [2.24, 2.45) is 5.73 Å². The SMILES string of the molecule is COc1ccc2c(c1)C(=O)N(C(C)(C)CN)C2=O. The second-order valence-electron chi connectivity index (χ2n) is 4.87. The van der Waals surface area contributed by atoms with Crippen molar-refractivity contribution in [1.82, 2.24) is 4.90 Å². The molecule has 1 aromatic carbocycles. The number of hydrogen-bond donors (Lipinski definition) is 1. The number of nitrogens with zero attached hydrogens (tertiary/aromatic N) is 1. The molecule has 96 valence electrons. The highest BCUT2D eigenvalue weighted by molar-refractivity contribution is 6.22. The van der Waals surface area contributed by atoms with Gasteiger partial charge in [-0.1, -0.05) is 0 Å². The van der Waals surface area contributed by atoms with Crippen LogP contribution < -0.4 is 10.5 Å². The fourth-order valence-electron chi connectivity index (χ4n) is 1.99. The second kappa shape index (κ2) is 4.10. The maximum Gasteiger partial charge on any atom is 0.262 e. The van der Waals surface area contributed by atoms with E-state index in [1.165, 1.54) is 12.0 Å². The molecule has 18 heavy (non-hydrogen) atoms. The largest absolute Gasteiger partial charge is 0.497 e. The fourth-order valence-corrected chi connectivity index (χ4v) is 1.99. The van der Waals surface area contributed by atoms with Crippen LogP contribution in [0.25, 0.3) is 0 Å². The van der Waals surface area contributed by atoms with Crippen molar-refractivity contribution in [3.05, 3.63) is 29.3 Å². The lowest BCUT2D eigenvalue weighted by Crippen LogP contribution is -2.52. The minimum Gasteiger partial charge on any atom is -0.497 e. The minimum absolute atomic E-state index is 0.218. The van der Waals surface area contributed by atoms with E-state index in [4.69, 9.17) is 10.5 Å². The monoisotopic (exact) mass is 248 g/mol. The van der Waals surface area contributed by atoms with E-state index < -0.39 is 5.54 Å². The van der Waals surface area contributed by atoms with Gasteiger partial charge in [0.2, 0.25) is 0 Å². The molecule has 0 spiro atoms. The van der Waals surface area contributed by atoms with Gasteiger partial charge in [0, 0.05) is 6.54 Å². The topological polar surface area (TPSA) is 72.6 Å². The molecule has 0 aromatic heterocycles. The number of benzene rings is 1. The van der Waals surface area contributed by atoms with Gasteiger partial charge in [0.05, 0.1) is 23.8 Å². The van der Waals surface area contributed by atoms with E-state index in [1.807, 2.05) is 0 Å². The minimum atomic E-state index is -0.694. The molecular weight excluding hydrogens is 232 g/mol. The van der Waals surface area contributed by atoms with Crippen LogP contribution in [0.4, 0.5) is 0 Å². The number of carbonyl (C=O) groups excluding carboxylic acids is 2. The van der Waals surface area contributed by atoms with E-state index >= 15 is 0 Å². The zero-order valence-electron chi connectivity index (χ0n) is 10.7. The van der Waals surface area contributed by atoms with Crippen LogP contribution >= 0.6 is 0 Å². The van der Waals surface area contributed by atoms with Crippen LogP contribution in [0.1, 0.15) is 34.6 Å². The van der Waals surface area contributed by atoms with Crippen molar-refractivity contribution in [1.29, 1.82) is 0 Å². The first-order chi connectivity index (χ1) is 8.42. The maximum atomic E-state index is 12.3. The van der Waals surface area contributed by atoms with Crippen LogP contribution in [0.3, 0.4) is 0 Å². The molecule has 5 nitrogen and oxygen atoms in total. The molecule has 0 radical (unpaired) electrons. The first kappa shape index (κ1) is 12.6. The second-order valence-corrected chi connectivity index (χ2v) is 4.87. The average molecular weight is 248 g/mol. The van der Waals surface area contributed by atoms with Crippen LogP contribution in [-0.2, 0) is 0 Å². The summed E-state index contributed by atoms with van der Waals surface area (Å²) in [5.41, 5.74) is 5.72. The van der Waals surface area contributed by atoms with Crippen LogP contribution in [0, 0.1) is 0 Å². The summed E-state index contributed by atoms with van der Waals surface area (Å²) in [5, 5.41) is 0. The highest BCUT2D eigenvalue weighted by Gasteiger charge is 2.43. The lowest BCUT2D eigenvalue weighted by atomic mass is 10.0. The average Bonchev–Trinajstić information content (AvgIpc) is 2.61. The lowest BCUT2D eigenvalue weighted by molar-refractivity contribution is 0.0493. The van der Waals surface area contributed by atoms with Gasteiger partial charge in [0.1, 0.15) is 5.75 Å². The first-order valence-electron chi connectivity index (χ1n) is 5.69. The third kappa shape index (κ3) is 1.67. The summed E-state index contributed by atoms with van der Waals surface area (Å²) in [4.78, 5) is 25.7. The molecule has 0 bridgehead atoms. The zero-order chi connectivity index (χ0) is 13.5. The van der Waals surface area contributed by atoms with Gasteiger partial charge in [0.15, 0.2) is 0 Å². The summed E-state index contributed by atoms with van der Waals surface area (Å²) in [5.74, 6) is -0.0558. The molecule has 2 rings (SSSR count). The molecular formula is C13H16N2O3. The van der Waals surface area contributed by atoms with Crippen LogP contribution in [0.2, 0.25) is 0 Å². The van der Waals surface area contributed by atoms with Gasteiger partial charge >= 0.3 is 0 Å². The molecule has 2 N–H and O–H groups in total. The number of fused-ring (bicyclic) bond motifs is 1. The van der Waals surface area contributed by atoms with Crippen molar-refractivity contribution in [2.45, 2.75) is 19.4 Å². The van der Waals surface area contributed by atoms with Gasteiger partial charge in [-0.25, -0.2) is 0 Å². The first-order valence-corrected chi connectivity index (χ1v) is 5.69. The van der Waals surface area contributed by atoms with Gasteiger partial charge < -0.3 is 10.5 Å². The Morgan fingerprint density at radius 1 is 1.22 bits per heavy atom. The standard InChI is InChI=1S/C13H16N2O3/c1-13(2,7-14)15-11(16)9-5-4-8(18-3)6-10(9)12(15)17/h4-6H,7,14H2,1-3H3. The molecule has 0 atom stereocenters. The van der Waals surface area contributed by atoms with Gasteiger partial charge in [0.25, 0.3) is 11.8 Å². The van der Waals surface area contributed by atoms with E-state index in [-0.39, 0.29) is 18.4 Å². The summed E-state index contributed by atoms with van der Waals surface area (Å²) in [7, 11) is 1.52. The summed E-state index contributed by atoms with van der Waals surface area (Å²) < 4.78 is 5.06. The Morgan fingerprint density at radius 3 is 2.39 bits per heavy atom. The van der Waals surface area contributed by atoms with Gasteiger partial charge in [-0.15, -0.1) is 0 Å². The van der Waals surface area contributed by atoms with Crippen molar-refractivity contribution < 1.29 is 14.3 Å². The number of rotatable bonds is 3. The predicted octanol–water partition coefficient (Wildman–Crippen LogP) is 1.03. The van der Waals surface area contributed by atoms with Crippen molar-refractivity contribution in [3.8, 4) is 5.75 Å². The Hall–Kier alpha value is -1.88. The van der Waals surface area contributed by atoms with Crippen LogP contribution in [-0.4, -0.2) is 35.9 Å². The Bertz CT molecular complexity index is 523. The van der Waals surface area contributed by atoms with Crippen LogP contribution in [0.5, 0.6) is 5.75 Å². The number of hydrogen-bond acceptors (Lipinski definition) is 4. The summed E-state index contributed by atoms with van der Waals surface area (Å²) in [6.45, 7) is 3.76. The summed E-state index contributed by atoms with van der Waals surface area (Å²) in [6, 6.07) is 4.87. The van der Waals surface area contributed by atoms with E-state index in [2.05, 4.69) is 0 Å². The summed E-state index contributed by atoms with van der Waals surface area (Å²) >= 11 is 0. The van der Waals surface area contributed by atoms with Crippen molar-refractivity contribution in [3.63, 3.8) is 0 Å². The highest BCUT2D eigenvalue weighted by atomic mass is 16.5. The fraction of sp³-hybridized carbons (Fsp3) is 0.385. The number of methoxy groups -OCH3 is 1. The van der Waals surface area contributed by atoms with E-state index in [0.29, 0.717) is 16.9 Å². The molecule has 0 aliphatic carbocycles. The van der Waals surface area contributed by atoms with Gasteiger partial charge in [-0.05, 0) is 32.0 Å². The predicted molar refractivity (Wildman–Crippen MR) is 66.6 cm³/mol. The van der Waals surface area contributed by atoms with Crippen LogP contribution in [0.15, 0.2) is 18.2 Å². The Morgan fingerprint density at radius 2 is 1.83 bits per heavy atom. The number of imide groups is 1. The molecule has 0 unspecified atom stereocenters. The smallest absolute Gasteiger partial charge is 0.262 e. The third-order valence-electron chi connectivity index (χ3n) is 3.20. The Balaban J connectivity index is 2.50. The van der Waals surface area contributed by atoms with Gasteiger partial charge in [-0.3, -0.25) is 14.5 Å². The highest BCUT2D eigenvalue weighted by Crippen LogP contribution is 2.31. The number of carbonyl (C=O) groups is 2. The maximum absolute atomic E-state index is 12.3. The normalized spacial score (nSPS) is 15.0. The molecule has 1 aliphatic rings. The van der Waals surface area contributed by atoms with E-state index in [0.717, 1.165) is 0 Å². The van der Waals surface area contributed by atoms with Crippen molar-refractivity contribution in [2.75, 3.05) is 13.7 Å². The number of ether oxygens (including phenoxy) is 1. The number of amides is 2. The molecule has 0 saturated carbocycles. The Labute approximate surface area is 106 Å². The molecule has 0 fully saturated rings. The lowest BCUT2D eigenvalue weighted by Gasteiger charge is -2.32. The number of nitrogens with two attached hydrogens (primary N) is 1. The Kier molecular flexibility index (Phi) is 2.86. The van der Waals surface area contributed by atoms with E-state index in [1.54, 1.807) is 32.0 Å². The molecule has 2 amide bonds. The summed E-state index contributed by atoms with van der Waals surface area (Å²) in [6.07, 6.45) is 0. The third-order valence-corrected chi connectivity index (χ3v) is 3.20. The van der Waals surface area contributed by atoms with Crippen molar-refractivity contribution >= 4 is 11.8 Å². The van der Waals surface area contributed by atoms with Gasteiger partial charge in [-0.2, -0.15) is 0 Å². The zero-order valence-corrected chi connectivity index (χ0v) is 10.7.